The van der Waals surface area contributed by atoms with E-state index in [9.17, 15) is 4.79 Å². The Bertz CT molecular complexity index is 529. The lowest BCUT2D eigenvalue weighted by Crippen LogP contribution is -1.99. The fraction of sp³-hybridized carbons (Fsp3) is 0.350. The van der Waals surface area contributed by atoms with Crippen LogP contribution < -0.4 is 0 Å². The molecule has 2 aromatic carbocycles. The van der Waals surface area contributed by atoms with Gasteiger partial charge in [-0.15, -0.1) is 0 Å². The fourth-order valence-electron chi connectivity index (χ4n) is 2.20. The van der Waals surface area contributed by atoms with Crippen molar-refractivity contribution in [2.75, 3.05) is 6.61 Å². The van der Waals surface area contributed by atoms with Crippen molar-refractivity contribution in [2.24, 2.45) is 0 Å². The van der Waals surface area contributed by atoms with Crippen molar-refractivity contribution in [1.82, 2.24) is 0 Å². The summed E-state index contributed by atoms with van der Waals surface area (Å²) in [4.78, 5) is 12.0. The maximum atomic E-state index is 12.0. The second-order valence-corrected chi connectivity index (χ2v) is 4.90. The summed E-state index contributed by atoms with van der Waals surface area (Å²) in [6.45, 7) is 4.21. The van der Waals surface area contributed by atoms with Crippen LogP contribution in [-0.2, 0) is 0 Å². The van der Waals surface area contributed by atoms with Crippen molar-refractivity contribution in [2.45, 2.75) is 39.5 Å². The number of aliphatic hydroxyl groups is 1. The molecule has 0 aliphatic rings. The molecule has 2 rings (SSSR count). The molecule has 0 unspecified atom stereocenters. The predicted octanol–water partition coefficient (Wildman–Crippen LogP) is 5.12. The minimum Gasteiger partial charge on any atom is -0.396 e. The summed E-state index contributed by atoms with van der Waals surface area (Å²) in [5.74, 6) is 0.183. The SMILES string of the molecule is CC.O=C(CCCCCO)c1ccc(-c2ccccc2)cc1. The van der Waals surface area contributed by atoms with E-state index in [1.54, 1.807) is 0 Å². The second kappa shape index (κ2) is 10.7. The molecular formula is C20H26O2. The van der Waals surface area contributed by atoms with Crippen LogP contribution in [0.25, 0.3) is 11.1 Å². The minimum atomic E-state index is 0.183. The highest BCUT2D eigenvalue weighted by molar-refractivity contribution is 5.96. The molecular weight excluding hydrogens is 272 g/mol. The van der Waals surface area contributed by atoms with E-state index in [0.29, 0.717) is 6.42 Å². The number of carbonyl (C=O) groups is 1. The average molecular weight is 298 g/mol. The monoisotopic (exact) mass is 298 g/mol. The van der Waals surface area contributed by atoms with Crippen LogP contribution in [0.1, 0.15) is 49.9 Å². The molecule has 0 aliphatic heterocycles. The van der Waals surface area contributed by atoms with Crippen molar-refractivity contribution in [3.63, 3.8) is 0 Å². The number of Topliss-reactive ketones (excluding diaryl/α,β-unsaturated/α-hetero) is 1. The van der Waals surface area contributed by atoms with Gasteiger partial charge in [0.25, 0.3) is 0 Å². The topological polar surface area (TPSA) is 37.3 Å². The maximum Gasteiger partial charge on any atom is 0.162 e. The Morgan fingerprint density at radius 2 is 1.41 bits per heavy atom. The molecule has 1 N–H and O–H groups in total. The van der Waals surface area contributed by atoms with Crippen LogP contribution in [0.15, 0.2) is 54.6 Å². The number of carbonyl (C=O) groups excluding carboxylic acids is 1. The van der Waals surface area contributed by atoms with Crippen LogP contribution in [0.4, 0.5) is 0 Å². The van der Waals surface area contributed by atoms with E-state index in [1.165, 1.54) is 0 Å². The van der Waals surface area contributed by atoms with E-state index in [-0.39, 0.29) is 12.4 Å². The first-order chi connectivity index (χ1) is 10.8. The molecule has 0 spiro atoms. The number of hydrogen-bond acceptors (Lipinski definition) is 2. The summed E-state index contributed by atoms with van der Waals surface area (Å²) in [5, 5.41) is 8.70. The van der Waals surface area contributed by atoms with Gasteiger partial charge in [0.2, 0.25) is 0 Å². The van der Waals surface area contributed by atoms with E-state index in [1.807, 2.05) is 56.3 Å². The molecule has 0 saturated carbocycles. The second-order valence-electron chi connectivity index (χ2n) is 4.90. The Balaban J connectivity index is 0.00000116. The van der Waals surface area contributed by atoms with Crippen molar-refractivity contribution in [3.8, 4) is 11.1 Å². The van der Waals surface area contributed by atoms with Crippen LogP contribution in [0.2, 0.25) is 0 Å². The summed E-state index contributed by atoms with van der Waals surface area (Å²) >= 11 is 0. The normalized spacial score (nSPS) is 9.77. The largest absolute Gasteiger partial charge is 0.396 e. The number of unbranched alkanes of at least 4 members (excludes halogenated alkanes) is 2. The van der Waals surface area contributed by atoms with E-state index < -0.39 is 0 Å². The smallest absolute Gasteiger partial charge is 0.162 e. The molecule has 118 valence electrons. The third-order valence-electron chi connectivity index (χ3n) is 3.38. The fourth-order valence-corrected chi connectivity index (χ4v) is 2.20. The van der Waals surface area contributed by atoms with E-state index in [0.717, 1.165) is 36.0 Å². The highest BCUT2D eigenvalue weighted by Gasteiger charge is 2.05. The molecule has 0 bridgehead atoms. The van der Waals surface area contributed by atoms with Gasteiger partial charge in [-0.2, -0.15) is 0 Å². The van der Waals surface area contributed by atoms with Gasteiger partial charge in [0.1, 0.15) is 0 Å². The van der Waals surface area contributed by atoms with E-state index >= 15 is 0 Å². The lowest BCUT2D eigenvalue weighted by molar-refractivity contribution is 0.0978. The van der Waals surface area contributed by atoms with Crippen molar-refractivity contribution < 1.29 is 9.90 Å². The van der Waals surface area contributed by atoms with Gasteiger partial charge < -0.3 is 5.11 Å². The van der Waals surface area contributed by atoms with Crippen LogP contribution in [0.3, 0.4) is 0 Å². The first-order valence-corrected chi connectivity index (χ1v) is 8.11. The van der Waals surface area contributed by atoms with Crippen LogP contribution in [0, 0.1) is 0 Å². The highest BCUT2D eigenvalue weighted by atomic mass is 16.2. The third kappa shape index (κ3) is 5.82. The zero-order chi connectivity index (χ0) is 16.2. The summed E-state index contributed by atoms with van der Waals surface area (Å²) in [7, 11) is 0. The van der Waals surface area contributed by atoms with Gasteiger partial charge in [0.15, 0.2) is 5.78 Å². The van der Waals surface area contributed by atoms with Crippen LogP contribution >= 0.6 is 0 Å². The Morgan fingerprint density at radius 3 is 2.00 bits per heavy atom. The molecule has 22 heavy (non-hydrogen) atoms. The predicted molar refractivity (Wildman–Crippen MR) is 93.1 cm³/mol. The molecule has 0 heterocycles. The molecule has 0 aliphatic carbocycles. The van der Waals surface area contributed by atoms with Crippen molar-refractivity contribution >= 4 is 5.78 Å². The number of ketones is 1. The zero-order valence-corrected chi connectivity index (χ0v) is 13.6. The summed E-state index contributed by atoms with van der Waals surface area (Å²) < 4.78 is 0. The maximum absolute atomic E-state index is 12.0. The van der Waals surface area contributed by atoms with Crippen LogP contribution in [-0.4, -0.2) is 17.5 Å². The van der Waals surface area contributed by atoms with Gasteiger partial charge in [0.05, 0.1) is 0 Å². The number of benzene rings is 2. The van der Waals surface area contributed by atoms with Crippen molar-refractivity contribution in [1.29, 1.82) is 0 Å². The van der Waals surface area contributed by atoms with Crippen molar-refractivity contribution in [3.05, 3.63) is 60.2 Å². The third-order valence-corrected chi connectivity index (χ3v) is 3.38. The molecule has 2 nitrogen and oxygen atoms in total. The minimum absolute atomic E-state index is 0.183. The summed E-state index contributed by atoms with van der Waals surface area (Å²) in [5.41, 5.74) is 3.06. The van der Waals surface area contributed by atoms with Gasteiger partial charge in [-0.1, -0.05) is 74.9 Å². The molecule has 0 saturated heterocycles. The van der Waals surface area contributed by atoms with Gasteiger partial charge >= 0.3 is 0 Å². The lowest BCUT2D eigenvalue weighted by Gasteiger charge is -2.04. The standard InChI is InChI=1S/C18H20O2.C2H6/c19-14-6-2-5-9-18(20)17-12-10-16(11-13-17)15-7-3-1-4-8-15;1-2/h1,3-4,7-8,10-13,19H,2,5-6,9,14H2;1-2H3. The average Bonchev–Trinajstić information content (AvgIpc) is 2.61. The Labute approximate surface area is 133 Å². The Hall–Kier alpha value is -1.93. The lowest BCUT2D eigenvalue weighted by atomic mass is 10.0. The molecule has 0 fully saturated rings. The summed E-state index contributed by atoms with van der Waals surface area (Å²) in [6.07, 6.45) is 3.09. The Morgan fingerprint density at radius 1 is 0.818 bits per heavy atom. The van der Waals surface area contributed by atoms with Gasteiger partial charge in [-0.05, 0) is 24.0 Å². The molecule has 2 heteroatoms. The molecule has 2 aromatic rings. The van der Waals surface area contributed by atoms with Crippen LogP contribution in [0.5, 0.6) is 0 Å². The molecule has 0 amide bonds. The molecule has 0 atom stereocenters. The van der Waals surface area contributed by atoms with Gasteiger partial charge in [-0.25, -0.2) is 0 Å². The molecule has 0 aromatic heterocycles. The zero-order valence-electron chi connectivity index (χ0n) is 13.6. The number of rotatable bonds is 7. The Kier molecular flexibility index (Phi) is 8.85. The van der Waals surface area contributed by atoms with E-state index in [4.69, 9.17) is 5.11 Å². The first kappa shape index (κ1) is 18.1. The number of hydrogen-bond donors (Lipinski definition) is 1. The molecule has 0 radical (unpaired) electrons. The highest BCUT2D eigenvalue weighted by Crippen LogP contribution is 2.20. The van der Waals surface area contributed by atoms with Gasteiger partial charge in [-0.3, -0.25) is 4.79 Å². The summed E-state index contributed by atoms with van der Waals surface area (Å²) in [6, 6.07) is 17.9. The first-order valence-electron chi connectivity index (χ1n) is 8.11. The number of aliphatic hydroxyl groups excluding tert-OH is 1. The van der Waals surface area contributed by atoms with Gasteiger partial charge in [0, 0.05) is 18.6 Å². The van der Waals surface area contributed by atoms with E-state index in [2.05, 4.69) is 12.1 Å². The quantitative estimate of drug-likeness (QED) is 0.569.